The molecule has 1 aliphatic rings. The van der Waals surface area contributed by atoms with Crippen molar-refractivity contribution in [2.45, 2.75) is 38.0 Å². The number of hydrogen-bond acceptors (Lipinski definition) is 4. The van der Waals surface area contributed by atoms with Crippen LogP contribution < -0.4 is 0 Å². The van der Waals surface area contributed by atoms with Crippen LogP contribution in [0.25, 0.3) is 0 Å². The average Bonchev–Trinajstić information content (AvgIpc) is 3.08. The minimum Gasteiger partial charge on any atom is -0.333 e. The summed E-state index contributed by atoms with van der Waals surface area (Å²) in [5.41, 5.74) is 1.94. The summed E-state index contributed by atoms with van der Waals surface area (Å²) in [5.74, 6) is 1.23. The van der Waals surface area contributed by atoms with E-state index in [0.29, 0.717) is 13.1 Å². The smallest absolute Gasteiger partial charge is 0.218 e. The van der Waals surface area contributed by atoms with Crippen molar-refractivity contribution in [1.82, 2.24) is 18.8 Å². The number of rotatable bonds is 7. The Morgan fingerprint density at radius 3 is 2.85 bits per heavy atom. The van der Waals surface area contributed by atoms with E-state index in [1.54, 1.807) is 4.31 Å². The molecule has 1 aromatic heterocycles. The number of piperidine rings is 1. The first-order valence-electron chi connectivity index (χ1n) is 9.54. The fraction of sp³-hybridized carbons (Fsp3) is 0.550. The molecule has 1 fully saturated rings. The van der Waals surface area contributed by atoms with Gasteiger partial charge < -0.3 is 9.47 Å². The van der Waals surface area contributed by atoms with Crippen LogP contribution in [0.5, 0.6) is 0 Å². The van der Waals surface area contributed by atoms with E-state index in [9.17, 15) is 8.42 Å². The van der Waals surface area contributed by atoms with E-state index in [1.807, 2.05) is 43.6 Å². The van der Waals surface area contributed by atoms with Crippen molar-refractivity contribution in [3.63, 3.8) is 0 Å². The molecule has 1 saturated heterocycles. The van der Waals surface area contributed by atoms with E-state index < -0.39 is 10.0 Å². The van der Waals surface area contributed by atoms with Gasteiger partial charge in [0.25, 0.3) is 0 Å². The fourth-order valence-electron chi connectivity index (χ4n) is 3.69. The minimum absolute atomic E-state index is 0.0659. The molecule has 3 rings (SSSR count). The summed E-state index contributed by atoms with van der Waals surface area (Å²) in [7, 11) is 0.777. The zero-order valence-corrected chi connectivity index (χ0v) is 17.3. The zero-order chi connectivity index (χ0) is 19.4. The monoisotopic (exact) mass is 390 g/mol. The molecule has 0 amide bonds. The number of nitrogens with zero attached hydrogens (tertiary/aromatic N) is 4. The number of hydrogen-bond donors (Lipinski definition) is 0. The van der Waals surface area contributed by atoms with Gasteiger partial charge in [0.1, 0.15) is 5.82 Å². The van der Waals surface area contributed by atoms with Crippen LogP contribution in [-0.4, -0.2) is 60.9 Å². The van der Waals surface area contributed by atoms with Gasteiger partial charge in [0.15, 0.2) is 0 Å². The molecule has 0 radical (unpaired) electrons. The SMILES string of the molecule is Cc1cccc(CS(=O)(=O)N2CCC[C@H](c3nccn3CCN(C)C)C2)c1. The number of benzene rings is 1. The van der Waals surface area contributed by atoms with Crippen LogP contribution in [-0.2, 0) is 22.3 Å². The quantitative estimate of drug-likeness (QED) is 0.729. The third-order valence-electron chi connectivity index (χ3n) is 5.11. The van der Waals surface area contributed by atoms with Crippen molar-refractivity contribution < 1.29 is 8.42 Å². The Balaban J connectivity index is 1.71. The highest BCUT2D eigenvalue weighted by atomic mass is 32.2. The van der Waals surface area contributed by atoms with Crippen LogP contribution in [0, 0.1) is 6.92 Å². The third-order valence-corrected chi connectivity index (χ3v) is 6.93. The van der Waals surface area contributed by atoms with Crippen LogP contribution in [0.4, 0.5) is 0 Å². The van der Waals surface area contributed by atoms with Crippen molar-refractivity contribution >= 4 is 10.0 Å². The summed E-state index contributed by atoms with van der Waals surface area (Å²) in [6, 6.07) is 7.74. The maximum atomic E-state index is 13.0. The first kappa shape index (κ1) is 20.0. The number of imidazole rings is 1. The first-order valence-corrected chi connectivity index (χ1v) is 11.2. The molecule has 2 aromatic rings. The summed E-state index contributed by atoms with van der Waals surface area (Å²) in [5, 5.41) is 0. The maximum Gasteiger partial charge on any atom is 0.218 e. The Kier molecular flexibility index (Phi) is 6.34. The maximum absolute atomic E-state index is 13.0. The number of likely N-dealkylation sites (N-methyl/N-ethyl adjacent to an activating group) is 1. The van der Waals surface area contributed by atoms with Crippen LogP contribution in [0.1, 0.15) is 35.7 Å². The highest BCUT2D eigenvalue weighted by molar-refractivity contribution is 7.88. The van der Waals surface area contributed by atoms with Crippen LogP contribution in [0.2, 0.25) is 0 Å². The summed E-state index contributed by atoms with van der Waals surface area (Å²) >= 11 is 0. The molecule has 6 nitrogen and oxygen atoms in total. The minimum atomic E-state index is -3.33. The fourth-order valence-corrected chi connectivity index (χ4v) is 5.28. The van der Waals surface area contributed by atoms with E-state index in [2.05, 4.69) is 28.5 Å². The molecular formula is C20H30N4O2S. The molecule has 148 valence electrons. The van der Waals surface area contributed by atoms with Crippen LogP contribution >= 0.6 is 0 Å². The van der Waals surface area contributed by atoms with E-state index in [1.165, 1.54) is 0 Å². The lowest BCUT2D eigenvalue weighted by Crippen LogP contribution is -2.40. The molecule has 0 bridgehead atoms. The van der Waals surface area contributed by atoms with Gasteiger partial charge in [-0.2, -0.15) is 0 Å². The lowest BCUT2D eigenvalue weighted by atomic mass is 9.99. The molecule has 1 aromatic carbocycles. The van der Waals surface area contributed by atoms with Crippen molar-refractivity contribution in [2.75, 3.05) is 33.7 Å². The van der Waals surface area contributed by atoms with Crippen molar-refractivity contribution in [3.8, 4) is 0 Å². The molecule has 27 heavy (non-hydrogen) atoms. The predicted molar refractivity (Wildman–Crippen MR) is 108 cm³/mol. The van der Waals surface area contributed by atoms with Crippen LogP contribution in [0.3, 0.4) is 0 Å². The Morgan fingerprint density at radius 2 is 2.11 bits per heavy atom. The lowest BCUT2D eigenvalue weighted by Gasteiger charge is -2.32. The topological polar surface area (TPSA) is 58.4 Å². The summed E-state index contributed by atoms with van der Waals surface area (Å²) in [6.07, 6.45) is 5.68. The molecule has 0 N–H and O–H groups in total. The van der Waals surface area contributed by atoms with Crippen molar-refractivity contribution in [3.05, 3.63) is 53.6 Å². The van der Waals surface area contributed by atoms with Gasteiger partial charge in [-0.05, 0) is 39.4 Å². The zero-order valence-electron chi connectivity index (χ0n) is 16.5. The van der Waals surface area contributed by atoms with Gasteiger partial charge in [-0.3, -0.25) is 0 Å². The number of sulfonamides is 1. The summed E-state index contributed by atoms with van der Waals surface area (Å²) in [6.45, 7) is 4.91. The molecule has 0 saturated carbocycles. The first-order chi connectivity index (χ1) is 12.8. The van der Waals surface area contributed by atoms with E-state index in [-0.39, 0.29) is 11.7 Å². The highest BCUT2D eigenvalue weighted by Gasteiger charge is 2.31. The molecular weight excluding hydrogens is 360 g/mol. The number of aromatic nitrogens is 2. The second kappa shape index (κ2) is 8.54. The van der Waals surface area contributed by atoms with E-state index in [0.717, 1.165) is 42.9 Å². The number of aryl methyl sites for hydroxylation is 1. The van der Waals surface area contributed by atoms with Crippen LogP contribution in [0.15, 0.2) is 36.7 Å². The van der Waals surface area contributed by atoms with Crippen molar-refractivity contribution in [1.29, 1.82) is 0 Å². The molecule has 0 spiro atoms. The van der Waals surface area contributed by atoms with Gasteiger partial charge in [-0.1, -0.05) is 29.8 Å². The standard InChI is InChI=1S/C20H30N4O2S/c1-17-6-4-7-18(14-17)16-27(25,26)24-10-5-8-19(15-24)20-21-9-11-23(20)13-12-22(2)3/h4,6-7,9,11,14,19H,5,8,10,12-13,15-16H2,1-3H3/t19-/m0/s1. The normalized spacial score (nSPS) is 18.9. The molecule has 7 heteroatoms. The largest absolute Gasteiger partial charge is 0.333 e. The highest BCUT2D eigenvalue weighted by Crippen LogP contribution is 2.28. The molecule has 1 atom stereocenters. The van der Waals surface area contributed by atoms with Gasteiger partial charge in [-0.25, -0.2) is 17.7 Å². The van der Waals surface area contributed by atoms with Gasteiger partial charge in [0, 0.05) is 44.5 Å². The Hall–Kier alpha value is -1.70. The molecule has 2 heterocycles. The Bertz CT molecular complexity index is 860. The molecule has 0 unspecified atom stereocenters. The summed E-state index contributed by atoms with van der Waals surface area (Å²) < 4.78 is 29.8. The van der Waals surface area contributed by atoms with Crippen molar-refractivity contribution in [2.24, 2.45) is 0 Å². The van der Waals surface area contributed by atoms with Gasteiger partial charge in [0.05, 0.1) is 5.75 Å². The van der Waals surface area contributed by atoms with E-state index >= 15 is 0 Å². The Morgan fingerprint density at radius 1 is 1.30 bits per heavy atom. The van der Waals surface area contributed by atoms with E-state index in [4.69, 9.17) is 0 Å². The van der Waals surface area contributed by atoms with Gasteiger partial charge in [-0.15, -0.1) is 0 Å². The Labute approximate surface area is 162 Å². The lowest BCUT2D eigenvalue weighted by molar-refractivity contribution is 0.300. The van der Waals surface area contributed by atoms with Gasteiger partial charge >= 0.3 is 0 Å². The third kappa shape index (κ3) is 5.18. The second-order valence-electron chi connectivity index (χ2n) is 7.72. The summed E-state index contributed by atoms with van der Waals surface area (Å²) in [4.78, 5) is 6.69. The molecule has 1 aliphatic heterocycles. The predicted octanol–water partition coefficient (Wildman–Crippen LogP) is 2.46. The molecule has 0 aliphatic carbocycles. The average molecular weight is 391 g/mol. The van der Waals surface area contributed by atoms with Gasteiger partial charge in [0.2, 0.25) is 10.0 Å². The second-order valence-corrected chi connectivity index (χ2v) is 9.69.